The van der Waals surface area contributed by atoms with Crippen LogP contribution in [0.3, 0.4) is 0 Å². The molecule has 6 nitrogen and oxygen atoms in total. The molecule has 0 aliphatic carbocycles. The van der Waals surface area contributed by atoms with E-state index in [4.69, 9.17) is 13.9 Å². The number of rotatable bonds is 3. The van der Waals surface area contributed by atoms with Crippen molar-refractivity contribution < 1.29 is 23.8 Å². The smallest absolute Gasteiger partial charge is 0.410 e. The first-order valence-electron chi connectivity index (χ1n) is 7.13. The summed E-state index contributed by atoms with van der Waals surface area (Å²) >= 11 is 0. The summed E-state index contributed by atoms with van der Waals surface area (Å²) < 4.78 is 15.8. The van der Waals surface area contributed by atoms with E-state index in [1.165, 1.54) is 0 Å². The lowest BCUT2D eigenvalue weighted by Gasteiger charge is -2.38. The maximum atomic E-state index is 12.2. The monoisotopic (exact) mass is 297 g/mol. The lowest BCUT2D eigenvalue weighted by Crippen LogP contribution is -2.55. The zero-order valence-corrected chi connectivity index (χ0v) is 12.7. The number of carbonyl (C=O) groups is 1. The highest BCUT2D eigenvalue weighted by Gasteiger charge is 2.35. The van der Waals surface area contributed by atoms with E-state index in [2.05, 4.69) is 0 Å². The Kier molecular flexibility index (Phi) is 4.90. The van der Waals surface area contributed by atoms with Crippen LogP contribution in [0.4, 0.5) is 4.79 Å². The molecule has 2 atom stereocenters. The molecule has 1 N–H and O–H groups in total. The molecule has 2 unspecified atom stereocenters. The molecule has 1 aliphatic heterocycles. The van der Waals surface area contributed by atoms with Crippen LogP contribution in [0.2, 0.25) is 0 Å². The van der Waals surface area contributed by atoms with Gasteiger partial charge in [0.25, 0.3) is 0 Å². The van der Waals surface area contributed by atoms with Crippen LogP contribution in [0.25, 0.3) is 0 Å². The van der Waals surface area contributed by atoms with Gasteiger partial charge in [-0.25, -0.2) is 4.79 Å². The number of furan rings is 1. The molecular weight excluding hydrogens is 274 g/mol. The summed E-state index contributed by atoms with van der Waals surface area (Å²) in [5.74, 6) is 0. The average Bonchev–Trinajstić information content (AvgIpc) is 2.89. The number of aliphatic hydroxyl groups excluding tert-OH is 1. The van der Waals surface area contributed by atoms with E-state index >= 15 is 0 Å². The molecule has 6 heteroatoms. The Balaban J connectivity index is 2.02. The molecule has 1 fully saturated rings. The number of hydrogen-bond donors (Lipinski definition) is 1. The standard InChI is InChI=1S/C15H23NO5/c1-15(2,3)21-14(18)16-5-7-20-10-12(16)13(17)8-11-4-6-19-9-11/h4,6,9,12-13,17H,5,7-8,10H2,1-3H3. The maximum Gasteiger partial charge on any atom is 0.410 e. The molecule has 21 heavy (non-hydrogen) atoms. The van der Waals surface area contributed by atoms with Crippen molar-refractivity contribution in [3.8, 4) is 0 Å². The highest BCUT2D eigenvalue weighted by Crippen LogP contribution is 2.18. The summed E-state index contributed by atoms with van der Waals surface area (Å²) in [6.45, 7) is 6.64. The number of aliphatic hydroxyl groups is 1. The second-order valence-electron chi connectivity index (χ2n) is 6.22. The molecule has 1 aromatic heterocycles. The van der Waals surface area contributed by atoms with Gasteiger partial charge in [-0.05, 0) is 32.4 Å². The summed E-state index contributed by atoms with van der Waals surface area (Å²) in [5.41, 5.74) is 0.326. The average molecular weight is 297 g/mol. The van der Waals surface area contributed by atoms with Gasteiger partial charge >= 0.3 is 6.09 Å². The van der Waals surface area contributed by atoms with Crippen LogP contribution < -0.4 is 0 Å². The molecular formula is C15H23NO5. The van der Waals surface area contributed by atoms with Crippen molar-refractivity contribution in [2.75, 3.05) is 19.8 Å². The summed E-state index contributed by atoms with van der Waals surface area (Å²) in [4.78, 5) is 13.8. The number of hydrogen-bond acceptors (Lipinski definition) is 5. The second kappa shape index (κ2) is 6.49. The fourth-order valence-corrected chi connectivity index (χ4v) is 2.28. The van der Waals surface area contributed by atoms with Crippen LogP contribution in [-0.4, -0.2) is 53.6 Å². The van der Waals surface area contributed by atoms with E-state index in [-0.39, 0.29) is 0 Å². The quantitative estimate of drug-likeness (QED) is 0.921. The van der Waals surface area contributed by atoms with Gasteiger partial charge in [-0.1, -0.05) is 0 Å². The van der Waals surface area contributed by atoms with Crippen LogP contribution in [0.1, 0.15) is 26.3 Å². The second-order valence-corrected chi connectivity index (χ2v) is 6.22. The molecule has 2 heterocycles. The first-order valence-corrected chi connectivity index (χ1v) is 7.13. The maximum absolute atomic E-state index is 12.2. The molecule has 0 bridgehead atoms. The number of amides is 1. The van der Waals surface area contributed by atoms with E-state index < -0.39 is 23.8 Å². The van der Waals surface area contributed by atoms with E-state index in [9.17, 15) is 9.90 Å². The van der Waals surface area contributed by atoms with Crippen LogP contribution in [0.5, 0.6) is 0 Å². The number of carbonyl (C=O) groups excluding carboxylic acids is 1. The Labute approximate surface area is 124 Å². The summed E-state index contributed by atoms with van der Waals surface area (Å²) in [6, 6.07) is 1.38. The molecule has 0 radical (unpaired) electrons. The SMILES string of the molecule is CC(C)(C)OC(=O)N1CCOCC1C(O)Cc1ccoc1. The van der Waals surface area contributed by atoms with Crippen molar-refractivity contribution >= 4 is 6.09 Å². The molecule has 1 saturated heterocycles. The third-order valence-corrected chi connectivity index (χ3v) is 3.26. The highest BCUT2D eigenvalue weighted by molar-refractivity contribution is 5.68. The van der Waals surface area contributed by atoms with Crippen LogP contribution >= 0.6 is 0 Å². The van der Waals surface area contributed by atoms with Gasteiger partial charge in [0.2, 0.25) is 0 Å². The highest BCUT2D eigenvalue weighted by atomic mass is 16.6. The Bertz CT molecular complexity index is 451. The third-order valence-electron chi connectivity index (χ3n) is 3.26. The molecule has 118 valence electrons. The van der Waals surface area contributed by atoms with Gasteiger partial charge in [0.1, 0.15) is 5.60 Å². The van der Waals surface area contributed by atoms with Gasteiger partial charge in [0.15, 0.2) is 0 Å². The molecule has 0 saturated carbocycles. The largest absolute Gasteiger partial charge is 0.472 e. The fraction of sp³-hybridized carbons (Fsp3) is 0.667. The minimum absolute atomic E-state index is 0.304. The summed E-state index contributed by atoms with van der Waals surface area (Å²) in [6.07, 6.45) is 2.41. The van der Waals surface area contributed by atoms with Gasteiger partial charge in [-0.15, -0.1) is 0 Å². The van der Waals surface area contributed by atoms with Gasteiger partial charge in [0, 0.05) is 13.0 Å². The topological polar surface area (TPSA) is 72.1 Å². The summed E-state index contributed by atoms with van der Waals surface area (Å²) in [7, 11) is 0. The molecule has 1 aliphatic rings. The van der Waals surface area contributed by atoms with E-state index in [1.807, 2.05) is 20.8 Å². The van der Waals surface area contributed by atoms with E-state index in [0.717, 1.165) is 5.56 Å². The minimum Gasteiger partial charge on any atom is -0.472 e. The molecule has 2 rings (SSSR count). The van der Waals surface area contributed by atoms with Crippen molar-refractivity contribution in [3.63, 3.8) is 0 Å². The Morgan fingerprint density at radius 3 is 2.95 bits per heavy atom. The first-order chi connectivity index (χ1) is 9.87. The minimum atomic E-state index is -0.726. The van der Waals surface area contributed by atoms with Crippen molar-refractivity contribution in [2.24, 2.45) is 0 Å². The van der Waals surface area contributed by atoms with Crippen LogP contribution in [0, 0.1) is 0 Å². The molecule has 0 aromatic carbocycles. The predicted molar refractivity (Wildman–Crippen MR) is 76.0 cm³/mol. The van der Waals surface area contributed by atoms with Crippen molar-refractivity contribution in [1.29, 1.82) is 0 Å². The first kappa shape index (κ1) is 15.9. The van der Waals surface area contributed by atoms with Crippen molar-refractivity contribution in [1.82, 2.24) is 4.90 Å². The van der Waals surface area contributed by atoms with Crippen molar-refractivity contribution in [2.45, 2.75) is 44.9 Å². The zero-order chi connectivity index (χ0) is 15.5. The zero-order valence-electron chi connectivity index (χ0n) is 12.7. The molecule has 1 amide bonds. The Morgan fingerprint density at radius 2 is 2.33 bits per heavy atom. The van der Waals surface area contributed by atoms with Gasteiger partial charge in [-0.3, -0.25) is 4.90 Å². The van der Waals surface area contributed by atoms with Gasteiger partial charge in [0.05, 0.1) is 37.9 Å². The molecule has 0 spiro atoms. The van der Waals surface area contributed by atoms with Crippen LogP contribution in [0.15, 0.2) is 23.0 Å². The lowest BCUT2D eigenvalue weighted by molar-refractivity contribution is -0.0660. The Morgan fingerprint density at radius 1 is 1.57 bits per heavy atom. The Hall–Kier alpha value is -1.53. The van der Waals surface area contributed by atoms with E-state index in [1.54, 1.807) is 23.5 Å². The number of nitrogens with zero attached hydrogens (tertiary/aromatic N) is 1. The van der Waals surface area contributed by atoms with Crippen molar-refractivity contribution in [3.05, 3.63) is 24.2 Å². The van der Waals surface area contributed by atoms with Crippen LogP contribution in [-0.2, 0) is 15.9 Å². The normalized spacial score (nSPS) is 21.1. The summed E-state index contributed by atoms with van der Waals surface area (Å²) in [5, 5.41) is 10.4. The number of ether oxygens (including phenoxy) is 2. The van der Waals surface area contributed by atoms with Gasteiger partial charge < -0.3 is 19.0 Å². The molecule has 1 aromatic rings. The third kappa shape index (κ3) is 4.47. The predicted octanol–water partition coefficient (Wildman–Crippen LogP) is 1.82. The van der Waals surface area contributed by atoms with Gasteiger partial charge in [-0.2, -0.15) is 0 Å². The number of morpholine rings is 1. The van der Waals surface area contributed by atoms with E-state index in [0.29, 0.717) is 26.2 Å². The fourth-order valence-electron chi connectivity index (χ4n) is 2.28. The lowest BCUT2D eigenvalue weighted by atomic mass is 10.0.